The Hall–Kier alpha value is -2.38. The van der Waals surface area contributed by atoms with E-state index in [0.29, 0.717) is 19.4 Å². The van der Waals surface area contributed by atoms with Crippen molar-refractivity contribution in [3.63, 3.8) is 0 Å². The zero-order chi connectivity index (χ0) is 21.2. The third kappa shape index (κ3) is 4.79. The lowest BCUT2D eigenvalue weighted by molar-refractivity contribution is -0.118. The van der Waals surface area contributed by atoms with Gasteiger partial charge in [-0.05, 0) is 74.2 Å². The van der Waals surface area contributed by atoms with Crippen LogP contribution >= 0.6 is 0 Å². The maximum Gasteiger partial charge on any atom is 0.240 e. The van der Waals surface area contributed by atoms with E-state index in [1.807, 2.05) is 39.0 Å². The van der Waals surface area contributed by atoms with Crippen molar-refractivity contribution < 1.29 is 17.9 Å². The number of aryl methyl sites for hydroxylation is 2. The van der Waals surface area contributed by atoms with Crippen LogP contribution in [0, 0.1) is 13.8 Å². The van der Waals surface area contributed by atoms with E-state index in [4.69, 9.17) is 4.74 Å². The Kier molecular flexibility index (Phi) is 6.29. The van der Waals surface area contributed by atoms with Crippen molar-refractivity contribution in [2.24, 2.45) is 0 Å². The van der Waals surface area contributed by atoms with Crippen LogP contribution in [0.3, 0.4) is 0 Å². The average molecular weight is 417 g/mol. The van der Waals surface area contributed by atoms with E-state index in [9.17, 15) is 13.2 Å². The summed E-state index contributed by atoms with van der Waals surface area (Å²) in [6.07, 6.45) is 1.09. The number of nitrogens with zero attached hydrogens (tertiary/aromatic N) is 1. The minimum Gasteiger partial charge on any atom is -0.492 e. The summed E-state index contributed by atoms with van der Waals surface area (Å²) in [7, 11) is -3.68. The number of fused-ring (bicyclic) bond motifs is 1. The van der Waals surface area contributed by atoms with Crippen molar-refractivity contribution in [2.75, 3.05) is 18.1 Å². The maximum absolute atomic E-state index is 12.8. The standard InChI is InChI=1S/C22H28N2O4S/c1-5-22(25)24-11-10-18-13-20(8-9-21(18)24)29(26,27)23-17(4)14-28-19-7-6-15(2)16(3)12-19/h6-9,12-13,17,23H,5,10-11,14H2,1-4H3. The second-order valence-electron chi connectivity index (χ2n) is 7.52. The molecule has 0 fully saturated rings. The topological polar surface area (TPSA) is 75.7 Å². The highest BCUT2D eigenvalue weighted by molar-refractivity contribution is 7.89. The summed E-state index contributed by atoms with van der Waals surface area (Å²) in [4.78, 5) is 13.9. The smallest absolute Gasteiger partial charge is 0.240 e. The number of nitrogens with one attached hydrogen (secondary N) is 1. The van der Waals surface area contributed by atoms with Crippen molar-refractivity contribution in [1.82, 2.24) is 4.72 Å². The number of hydrogen-bond donors (Lipinski definition) is 1. The van der Waals surface area contributed by atoms with Gasteiger partial charge in [0.2, 0.25) is 15.9 Å². The van der Waals surface area contributed by atoms with Crippen molar-refractivity contribution in [3.05, 3.63) is 53.1 Å². The molecule has 0 saturated heterocycles. The fraction of sp³-hybridized carbons (Fsp3) is 0.409. The van der Waals surface area contributed by atoms with Crippen LogP contribution in [0.4, 0.5) is 5.69 Å². The van der Waals surface area contributed by atoms with Crippen molar-refractivity contribution in [1.29, 1.82) is 0 Å². The highest BCUT2D eigenvalue weighted by atomic mass is 32.2. The van der Waals surface area contributed by atoms with Gasteiger partial charge in [0.25, 0.3) is 0 Å². The predicted molar refractivity (Wildman–Crippen MR) is 114 cm³/mol. The van der Waals surface area contributed by atoms with E-state index < -0.39 is 16.1 Å². The summed E-state index contributed by atoms with van der Waals surface area (Å²) in [5, 5.41) is 0. The predicted octanol–water partition coefficient (Wildman–Crippen LogP) is 3.35. The molecule has 3 rings (SSSR count). The molecule has 1 aliphatic rings. The summed E-state index contributed by atoms with van der Waals surface area (Å²) >= 11 is 0. The molecule has 29 heavy (non-hydrogen) atoms. The Morgan fingerprint density at radius 3 is 2.62 bits per heavy atom. The van der Waals surface area contributed by atoms with Crippen LogP contribution in [0.2, 0.25) is 0 Å². The third-order valence-corrected chi connectivity index (χ3v) is 6.78. The number of sulfonamides is 1. The Labute approximate surface area is 172 Å². The fourth-order valence-corrected chi connectivity index (χ4v) is 4.67. The van der Waals surface area contributed by atoms with Gasteiger partial charge in [-0.15, -0.1) is 0 Å². The van der Waals surface area contributed by atoms with Gasteiger partial charge in [0.15, 0.2) is 0 Å². The quantitative estimate of drug-likeness (QED) is 0.751. The van der Waals surface area contributed by atoms with Gasteiger partial charge < -0.3 is 9.64 Å². The van der Waals surface area contributed by atoms with Gasteiger partial charge in [-0.25, -0.2) is 13.1 Å². The molecule has 6 nitrogen and oxygen atoms in total. The molecular weight excluding hydrogens is 388 g/mol. The number of hydrogen-bond acceptors (Lipinski definition) is 4. The molecule has 0 bridgehead atoms. The monoisotopic (exact) mass is 416 g/mol. The molecule has 2 aromatic carbocycles. The molecule has 1 amide bonds. The molecule has 156 valence electrons. The Balaban J connectivity index is 1.66. The third-order valence-electron chi connectivity index (χ3n) is 5.20. The normalized spacial score (nSPS) is 14.6. The lowest BCUT2D eigenvalue weighted by Crippen LogP contribution is -2.36. The molecule has 0 spiro atoms. The fourth-order valence-electron chi connectivity index (χ4n) is 3.39. The number of rotatable bonds is 7. The highest BCUT2D eigenvalue weighted by Crippen LogP contribution is 2.30. The molecule has 7 heteroatoms. The van der Waals surface area contributed by atoms with Gasteiger partial charge in [0.05, 0.1) is 10.9 Å². The SMILES string of the molecule is CCC(=O)N1CCc2cc(S(=O)(=O)NC(C)COc3ccc(C)c(C)c3)ccc21. The lowest BCUT2D eigenvalue weighted by atomic mass is 10.1. The largest absolute Gasteiger partial charge is 0.492 e. The molecule has 2 aromatic rings. The van der Waals surface area contributed by atoms with Gasteiger partial charge in [-0.1, -0.05) is 13.0 Å². The first-order valence-electron chi connectivity index (χ1n) is 9.87. The highest BCUT2D eigenvalue weighted by Gasteiger charge is 2.26. The number of benzene rings is 2. The summed E-state index contributed by atoms with van der Waals surface area (Å²) < 4.78 is 34.0. The van der Waals surface area contributed by atoms with Gasteiger partial charge in [0, 0.05) is 18.7 Å². The van der Waals surface area contributed by atoms with Crippen LogP contribution in [-0.2, 0) is 21.2 Å². The molecule has 0 aliphatic carbocycles. The van der Waals surface area contributed by atoms with E-state index in [1.165, 1.54) is 5.56 Å². The van der Waals surface area contributed by atoms with Crippen LogP contribution < -0.4 is 14.4 Å². The number of ether oxygens (including phenoxy) is 1. The molecule has 1 aliphatic heterocycles. The van der Waals surface area contributed by atoms with Gasteiger partial charge in [0.1, 0.15) is 12.4 Å². The molecular formula is C22H28N2O4S. The molecule has 0 saturated carbocycles. The number of carbonyl (C=O) groups is 1. The van der Waals surface area contributed by atoms with Crippen molar-refractivity contribution in [2.45, 2.75) is 51.5 Å². The van der Waals surface area contributed by atoms with Gasteiger partial charge >= 0.3 is 0 Å². The van der Waals surface area contributed by atoms with E-state index in [2.05, 4.69) is 4.72 Å². The molecule has 0 aromatic heterocycles. The van der Waals surface area contributed by atoms with Crippen molar-refractivity contribution >= 4 is 21.6 Å². The molecule has 0 radical (unpaired) electrons. The van der Waals surface area contributed by atoms with Crippen molar-refractivity contribution in [3.8, 4) is 5.75 Å². The zero-order valence-corrected chi connectivity index (χ0v) is 18.2. The number of anilines is 1. The molecule has 1 atom stereocenters. The van der Waals surface area contributed by atoms with Gasteiger partial charge in [-0.3, -0.25) is 4.79 Å². The first-order chi connectivity index (χ1) is 13.7. The van der Waals surface area contributed by atoms with Crippen LogP contribution in [0.25, 0.3) is 0 Å². The first-order valence-corrected chi connectivity index (χ1v) is 11.3. The second-order valence-corrected chi connectivity index (χ2v) is 9.23. The second kappa shape index (κ2) is 8.55. The molecule has 1 N–H and O–H groups in total. The van der Waals surface area contributed by atoms with E-state index in [-0.39, 0.29) is 17.4 Å². The van der Waals surface area contributed by atoms with Crippen LogP contribution in [0.5, 0.6) is 5.75 Å². The number of carbonyl (C=O) groups excluding carboxylic acids is 1. The Bertz CT molecular complexity index is 1020. The maximum atomic E-state index is 12.8. The lowest BCUT2D eigenvalue weighted by Gasteiger charge is -2.18. The van der Waals surface area contributed by atoms with Gasteiger partial charge in [-0.2, -0.15) is 0 Å². The summed E-state index contributed by atoms with van der Waals surface area (Å²) in [6.45, 7) is 8.46. The molecule has 1 heterocycles. The van der Waals surface area contributed by atoms with E-state index >= 15 is 0 Å². The molecule has 1 unspecified atom stereocenters. The first kappa shape index (κ1) is 21.3. The van der Waals surface area contributed by atoms with E-state index in [0.717, 1.165) is 22.6 Å². The minimum atomic E-state index is -3.68. The summed E-state index contributed by atoms with van der Waals surface area (Å²) in [5.41, 5.74) is 4.00. The van der Waals surface area contributed by atoms with Crippen LogP contribution in [0.1, 0.15) is 37.0 Å². The Morgan fingerprint density at radius 1 is 1.17 bits per heavy atom. The van der Waals surface area contributed by atoms with Crippen LogP contribution in [0.15, 0.2) is 41.3 Å². The summed E-state index contributed by atoms with van der Waals surface area (Å²) in [5.74, 6) is 0.770. The van der Waals surface area contributed by atoms with E-state index in [1.54, 1.807) is 30.0 Å². The Morgan fingerprint density at radius 2 is 1.93 bits per heavy atom. The van der Waals surface area contributed by atoms with Crippen LogP contribution in [-0.4, -0.2) is 33.5 Å². The zero-order valence-electron chi connectivity index (χ0n) is 17.4. The number of amides is 1. The average Bonchev–Trinajstić information content (AvgIpc) is 3.11. The minimum absolute atomic E-state index is 0.0506. The summed E-state index contributed by atoms with van der Waals surface area (Å²) in [6, 6.07) is 10.4.